The van der Waals surface area contributed by atoms with Gasteiger partial charge in [-0.2, -0.15) is 0 Å². The van der Waals surface area contributed by atoms with Crippen molar-refractivity contribution in [3.8, 4) is 17.2 Å². The third kappa shape index (κ3) is 10.8. The predicted octanol–water partition coefficient (Wildman–Crippen LogP) is 9.67. The number of rotatable bonds is 17. The van der Waals surface area contributed by atoms with Gasteiger partial charge in [0.15, 0.2) is 16.1 Å². The van der Waals surface area contributed by atoms with Crippen LogP contribution in [0.2, 0.25) is 0 Å². The van der Waals surface area contributed by atoms with Crippen LogP contribution in [0, 0.1) is 11.3 Å². The molecule has 0 aromatic heterocycles. The molecule has 268 valence electrons. The van der Waals surface area contributed by atoms with Crippen molar-refractivity contribution in [2.45, 2.75) is 116 Å². The lowest BCUT2D eigenvalue weighted by atomic mass is 9.75. The highest BCUT2D eigenvalue weighted by molar-refractivity contribution is 7.91. The summed E-state index contributed by atoms with van der Waals surface area (Å²) in [5, 5.41) is 0. The SMILES string of the molecule is CCC(C)c1ccc(OC(C)OCCC2CCCC(c3cc(OC(=O)C(C)(C)CC)ccc3CCS(=O)(=O)c3ccc(OC)cc3)C2)cc1. The summed E-state index contributed by atoms with van der Waals surface area (Å²) in [4.78, 5) is 13.2. The summed E-state index contributed by atoms with van der Waals surface area (Å²) in [7, 11) is -1.96. The van der Waals surface area contributed by atoms with E-state index in [0.29, 0.717) is 42.8 Å². The van der Waals surface area contributed by atoms with Crippen LogP contribution in [0.5, 0.6) is 17.2 Å². The van der Waals surface area contributed by atoms with Gasteiger partial charge in [0.25, 0.3) is 0 Å². The van der Waals surface area contributed by atoms with E-state index in [1.807, 2.05) is 52.0 Å². The minimum Gasteiger partial charge on any atom is -0.497 e. The van der Waals surface area contributed by atoms with Crippen molar-refractivity contribution in [2.24, 2.45) is 11.3 Å². The molecule has 0 heterocycles. The van der Waals surface area contributed by atoms with E-state index >= 15 is 0 Å². The van der Waals surface area contributed by atoms with Crippen molar-refractivity contribution < 1.29 is 32.2 Å². The van der Waals surface area contributed by atoms with E-state index in [1.165, 1.54) is 5.56 Å². The first-order chi connectivity index (χ1) is 23.3. The van der Waals surface area contributed by atoms with Gasteiger partial charge in [0.2, 0.25) is 0 Å². The molecule has 3 aromatic carbocycles. The number of esters is 1. The maximum absolute atomic E-state index is 13.3. The van der Waals surface area contributed by atoms with Crippen LogP contribution in [-0.4, -0.2) is 40.1 Å². The third-order valence-corrected chi connectivity index (χ3v) is 12.0. The van der Waals surface area contributed by atoms with E-state index in [0.717, 1.165) is 55.4 Å². The molecular formula is C41H56O7S. The number of hydrogen-bond donors (Lipinski definition) is 0. The fourth-order valence-corrected chi connectivity index (χ4v) is 7.63. The molecule has 4 unspecified atom stereocenters. The number of hydrogen-bond acceptors (Lipinski definition) is 7. The van der Waals surface area contributed by atoms with Gasteiger partial charge in [0, 0.05) is 0 Å². The molecular weight excluding hydrogens is 637 g/mol. The lowest BCUT2D eigenvalue weighted by molar-refractivity contribution is -0.144. The van der Waals surface area contributed by atoms with Crippen molar-refractivity contribution in [3.05, 3.63) is 83.4 Å². The molecule has 1 aliphatic rings. The predicted molar refractivity (Wildman–Crippen MR) is 195 cm³/mol. The maximum atomic E-state index is 13.3. The smallest absolute Gasteiger partial charge is 0.316 e. The van der Waals surface area contributed by atoms with Crippen LogP contribution in [0.4, 0.5) is 0 Å². The Labute approximate surface area is 294 Å². The number of benzene rings is 3. The Morgan fingerprint density at radius 1 is 0.918 bits per heavy atom. The molecule has 7 nitrogen and oxygen atoms in total. The molecule has 0 spiro atoms. The number of ether oxygens (including phenoxy) is 4. The van der Waals surface area contributed by atoms with Gasteiger partial charge in [-0.25, -0.2) is 8.42 Å². The Balaban J connectivity index is 1.43. The van der Waals surface area contributed by atoms with Gasteiger partial charge in [-0.05, 0) is 142 Å². The summed E-state index contributed by atoms with van der Waals surface area (Å²) in [6.45, 7) is 12.7. The van der Waals surface area contributed by atoms with Crippen molar-refractivity contribution in [3.63, 3.8) is 0 Å². The molecule has 8 heteroatoms. The van der Waals surface area contributed by atoms with E-state index < -0.39 is 15.3 Å². The summed E-state index contributed by atoms with van der Waals surface area (Å²) in [6.07, 6.45) is 6.85. The number of sulfone groups is 1. The first-order valence-corrected chi connectivity index (χ1v) is 19.6. The Bertz CT molecular complexity index is 1600. The quantitative estimate of drug-likeness (QED) is 0.0791. The third-order valence-electron chi connectivity index (χ3n) is 10.3. The lowest BCUT2D eigenvalue weighted by Crippen LogP contribution is -2.28. The largest absolute Gasteiger partial charge is 0.497 e. The van der Waals surface area contributed by atoms with Crippen LogP contribution in [0.15, 0.2) is 71.6 Å². The first-order valence-electron chi connectivity index (χ1n) is 17.9. The molecule has 1 aliphatic carbocycles. The Morgan fingerprint density at radius 2 is 1.59 bits per heavy atom. The lowest BCUT2D eigenvalue weighted by Gasteiger charge is -2.31. The fraction of sp³-hybridized carbons (Fsp3) is 0.537. The second kappa shape index (κ2) is 17.5. The summed E-state index contributed by atoms with van der Waals surface area (Å²) in [5.41, 5.74) is 2.77. The van der Waals surface area contributed by atoms with Crippen molar-refractivity contribution in [2.75, 3.05) is 19.5 Å². The standard InChI is InChI=1S/C41H56O7S/c1-8-29(3)32-13-16-36(17-14-32)47-30(4)46-25-23-31-11-10-12-34(27-31)39-28-37(48-40(42)41(5,6)9-2)18-15-33(39)24-26-49(43,44)38-21-19-35(45-7)20-22-38/h13-22,28-31,34H,8-12,23-27H2,1-7H3. The Hall–Kier alpha value is -3.36. The van der Waals surface area contributed by atoms with E-state index in [2.05, 4.69) is 26.0 Å². The van der Waals surface area contributed by atoms with Gasteiger partial charge in [-0.3, -0.25) is 4.79 Å². The minimum absolute atomic E-state index is 0.0173. The van der Waals surface area contributed by atoms with E-state index in [-0.39, 0.29) is 28.8 Å². The van der Waals surface area contributed by atoms with E-state index in [9.17, 15) is 13.2 Å². The number of carbonyl (C=O) groups is 1. The van der Waals surface area contributed by atoms with Crippen molar-refractivity contribution >= 4 is 15.8 Å². The Kier molecular flexibility index (Phi) is 13.8. The Morgan fingerprint density at radius 3 is 2.24 bits per heavy atom. The zero-order valence-corrected chi connectivity index (χ0v) is 31.3. The van der Waals surface area contributed by atoms with Gasteiger partial charge >= 0.3 is 5.97 Å². The molecule has 0 aliphatic heterocycles. The van der Waals surface area contributed by atoms with Crippen LogP contribution in [0.1, 0.15) is 115 Å². The maximum Gasteiger partial charge on any atom is 0.316 e. The average molecular weight is 693 g/mol. The van der Waals surface area contributed by atoms with Crippen LogP contribution >= 0.6 is 0 Å². The minimum atomic E-state index is -3.51. The molecule has 1 fully saturated rings. The van der Waals surface area contributed by atoms with Gasteiger partial charge < -0.3 is 18.9 Å². The molecule has 1 saturated carbocycles. The fourth-order valence-electron chi connectivity index (χ4n) is 6.35. The summed E-state index contributed by atoms with van der Waals surface area (Å²) in [5.74, 6) is 2.86. The number of aryl methyl sites for hydroxylation is 1. The second-order valence-electron chi connectivity index (χ2n) is 14.2. The summed E-state index contributed by atoms with van der Waals surface area (Å²) < 4.78 is 49.8. The molecule has 0 radical (unpaired) electrons. The molecule has 3 aromatic rings. The topological polar surface area (TPSA) is 88.1 Å². The van der Waals surface area contributed by atoms with Gasteiger partial charge in [-0.15, -0.1) is 0 Å². The second-order valence-corrected chi connectivity index (χ2v) is 16.3. The van der Waals surface area contributed by atoms with Crippen LogP contribution in [-0.2, 0) is 25.8 Å². The highest BCUT2D eigenvalue weighted by Crippen LogP contribution is 2.41. The molecule has 4 rings (SSSR count). The molecule has 0 saturated heterocycles. The van der Waals surface area contributed by atoms with E-state index in [1.54, 1.807) is 37.4 Å². The summed E-state index contributed by atoms with van der Waals surface area (Å²) >= 11 is 0. The first kappa shape index (κ1) is 38.4. The van der Waals surface area contributed by atoms with Crippen LogP contribution in [0.3, 0.4) is 0 Å². The molecule has 4 atom stereocenters. The van der Waals surface area contributed by atoms with Gasteiger partial charge in [-0.1, -0.05) is 51.8 Å². The summed E-state index contributed by atoms with van der Waals surface area (Å²) in [6, 6.07) is 20.5. The highest BCUT2D eigenvalue weighted by Gasteiger charge is 2.30. The van der Waals surface area contributed by atoms with Gasteiger partial charge in [0.1, 0.15) is 17.2 Å². The van der Waals surface area contributed by atoms with Crippen LogP contribution < -0.4 is 14.2 Å². The molecule has 49 heavy (non-hydrogen) atoms. The average Bonchev–Trinajstić information content (AvgIpc) is 3.11. The molecule has 0 bridgehead atoms. The van der Waals surface area contributed by atoms with E-state index in [4.69, 9.17) is 18.9 Å². The zero-order valence-electron chi connectivity index (χ0n) is 30.5. The molecule has 0 N–H and O–H groups in total. The highest BCUT2D eigenvalue weighted by atomic mass is 32.2. The number of carbonyl (C=O) groups excluding carboxylic acids is 1. The monoisotopic (exact) mass is 692 g/mol. The van der Waals surface area contributed by atoms with Crippen molar-refractivity contribution in [1.29, 1.82) is 0 Å². The van der Waals surface area contributed by atoms with Crippen LogP contribution in [0.25, 0.3) is 0 Å². The zero-order chi connectivity index (χ0) is 35.6. The van der Waals surface area contributed by atoms with Crippen molar-refractivity contribution in [1.82, 2.24) is 0 Å². The number of methoxy groups -OCH3 is 1. The molecule has 0 amide bonds. The normalized spacial score (nSPS) is 18.0. The van der Waals surface area contributed by atoms with Gasteiger partial charge in [0.05, 0.1) is 29.8 Å².